The average Bonchev–Trinajstić information content (AvgIpc) is 3.02. The van der Waals surface area contributed by atoms with Crippen LogP contribution in [0.3, 0.4) is 0 Å². The van der Waals surface area contributed by atoms with Crippen LogP contribution in [-0.4, -0.2) is 0 Å². The van der Waals surface area contributed by atoms with E-state index < -0.39 is 0 Å². The summed E-state index contributed by atoms with van der Waals surface area (Å²) in [6, 6.07) is 10.8. The molecule has 0 saturated heterocycles. The Bertz CT molecular complexity index is 696. The predicted octanol–water partition coefficient (Wildman–Crippen LogP) is 4.71. The van der Waals surface area contributed by atoms with Crippen LogP contribution in [0, 0.1) is 0 Å². The van der Waals surface area contributed by atoms with Crippen molar-refractivity contribution in [3.63, 3.8) is 0 Å². The summed E-state index contributed by atoms with van der Waals surface area (Å²) in [7, 11) is 0. The zero-order chi connectivity index (χ0) is 11.2. The molecule has 0 N–H and O–H groups in total. The van der Waals surface area contributed by atoms with E-state index in [0.29, 0.717) is 0 Å². The summed E-state index contributed by atoms with van der Waals surface area (Å²) in [6.45, 7) is 0. The van der Waals surface area contributed by atoms with Gasteiger partial charge in [0.15, 0.2) is 0 Å². The van der Waals surface area contributed by atoms with E-state index in [2.05, 4.69) is 60.0 Å². The zero-order valence-corrected chi connectivity index (χ0v) is 10.00. The maximum Gasteiger partial charge on any atom is 0.0349 e. The number of fused-ring (bicyclic) bond motifs is 2. The van der Waals surface area contributed by atoms with Crippen molar-refractivity contribution in [2.45, 2.75) is 0 Å². The lowest BCUT2D eigenvalue weighted by Crippen LogP contribution is -1.84. The van der Waals surface area contributed by atoms with Crippen molar-refractivity contribution in [2.24, 2.45) is 0 Å². The summed E-state index contributed by atoms with van der Waals surface area (Å²) in [5.41, 5.74) is 6.78. The highest BCUT2D eigenvalue weighted by molar-refractivity contribution is 7.11. The second-order valence-electron chi connectivity index (χ2n) is 4.28. The molecule has 1 aromatic heterocycles. The quantitative estimate of drug-likeness (QED) is 0.619. The standard InChI is InChI=1S/C16H10S/c1-2-4-12-11(3-1)5-6-13(12)14-7-8-16-15(14)9-10-17-16/h1-10H/b14-13+. The fraction of sp³-hybridized carbons (Fsp3) is 0. The molecule has 0 bridgehead atoms. The third-order valence-electron chi connectivity index (χ3n) is 3.36. The lowest BCUT2D eigenvalue weighted by Gasteiger charge is -2.04. The van der Waals surface area contributed by atoms with Crippen molar-refractivity contribution < 1.29 is 0 Å². The van der Waals surface area contributed by atoms with Gasteiger partial charge in [-0.05, 0) is 39.8 Å². The molecule has 1 aromatic carbocycles. The topological polar surface area (TPSA) is 0 Å². The molecule has 0 atom stereocenters. The van der Waals surface area contributed by atoms with Crippen molar-refractivity contribution >= 4 is 34.6 Å². The van der Waals surface area contributed by atoms with E-state index in [1.807, 2.05) is 11.3 Å². The molecule has 17 heavy (non-hydrogen) atoms. The Morgan fingerprint density at radius 2 is 1.53 bits per heavy atom. The highest BCUT2D eigenvalue weighted by Crippen LogP contribution is 2.41. The van der Waals surface area contributed by atoms with Gasteiger partial charge in [-0.15, -0.1) is 11.3 Å². The summed E-state index contributed by atoms with van der Waals surface area (Å²) in [4.78, 5) is 1.38. The first kappa shape index (κ1) is 9.20. The average molecular weight is 234 g/mol. The first-order valence-electron chi connectivity index (χ1n) is 5.71. The summed E-state index contributed by atoms with van der Waals surface area (Å²) < 4.78 is 0. The van der Waals surface area contributed by atoms with Crippen LogP contribution < -0.4 is 0 Å². The molecular weight excluding hydrogens is 224 g/mol. The molecule has 0 spiro atoms. The van der Waals surface area contributed by atoms with Gasteiger partial charge in [-0.1, -0.05) is 42.5 Å². The Labute approximate surface area is 104 Å². The van der Waals surface area contributed by atoms with Gasteiger partial charge in [0.05, 0.1) is 0 Å². The molecule has 1 heterocycles. The maximum atomic E-state index is 2.24. The van der Waals surface area contributed by atoms with Gasteiger partial charge in [-0.2, -0.15) is 0 Å². The van der Waals surface area contributed by atoms with Gasteiger partial charge in [0.1, 0.15) is 0 Å². The Kier molecular flexibility index (Phi) is 1.79. The Morgan fingerprint density at radius 3 is 2.53 bits per heavy atom. The van der Waals surface area contributed by atoms with E-state index in [1.165, 1.54) is 32.7 Å². The minimum Gasteiger partial charge on any atom is -0.144 e. The van der Waals surface area contributed by atoms with Gasteiger partial charge < -0.3 is 0 Å². The third-order valence-corrected chi connectivity index (χ3v) is 4.24. The fourth-order valence-electron chi connectivity index (χ4n) is 2.54. The van der Waals surface area contributed by atoms with Gasteiger partial charge in [-0.25, -0.2) is 0 Å². The Morgan fingerprint density at radius 1 is 0.706 bits per heavy atom. The second kappa shape index (κ2) is 3.31. The molecule has 0 fully saturated rings. The molecule has 0 amide bonds. The van der Waals surface area contributed by atoms with E-state index in [4.69, 9.17) is 0 Å². The van der Waals surface area contributed by atoms with Gasteiger partial charge in [0, 0.05) is 10.4 Å². The molecule has 2 aliphatic rings. The van der Waals surface area contributed by atoms with Gasteiger partial charge in [0.2, 0.25) is 0 Å². The number of allylic oxidation sites excluding steroid dienone is 4. The van der Waals surface area contributed by atoms with Crippen LogP contribution in [0.2, 0.25) is 0 Å². The van der Waals surface area contributed by atoms with Crippen molar-refractivity contribution in [3.05, 3.63) is 69.4 Å². The van der Waals surface area contributed by atoms with Crippen LogP contribution in [-0.2, 0) is 0 Å². The highest BCUT2D eigenvalue weighted by atomic mass is 32.1. The van der Waals surface area contributed by atoms with Crippen molar-refractivity contribution in [1.82, 2.24) is 0 Å². The van der Waals surface area contributed by atoms with Crippen LogP contribution in [0.1, 0.15) is 21.6 Å². The van der Waals surface area contributed by atoms with E-state index >= 15 is 0 Å². The highest BCUT2D eigenvalue weighted by Gasteiger charge is 2.19. The van der Waals surface area contributed by atoms with Gasteiger partial charge in [0.25, 0.3) is 0 Å². The van der Waals surface area contributed by atoms with E-state index in [0.717, 1.165) is 0 Å². The van der Waals surface area contributed by atoms with Gasteiger partial charge in [-0.3, -0.25) is 0 Å². The SMILES string of the molecule is C1=Cc2ccccc2/C1=C1\C=Cc2sccc21. The van der Waals surface area contributed by atoms with Crippen molar-refractivity contribution in [1.29, 1.82) is 0 Å². The summed E-state index contributed by atoms with van der Waals surface area (Å²) >= 11 is 1.81. The first-order chi connectivity index (χ1) is 8.43. The number of hydrogen-bond donors (Lipinski definition) is 0. The molecular formula is C16H10S. The van der Waals surface area contributed by atoms with Crippen LogP contribution in [0.15, 0.2) is 47.9 Å². The van der Waals surface area contributed by atoms with Crippen molar-refractivity contribution in [3.8, 4) is 0 Å². The summed E-state index contributed by atoms with van der Waals surface area (Å²) in [5, 5.41) is 2.17. The molecule has 4 rings (SSSR count). The number of thiophene rings is 1. The molecule has 0 aliphatic heterocycles. The first-order valence-corrected chi connectivity index (χ1v) is 6.59. The van der Waals surface area contributed by atoms with Gasteiger partial charge >= 0.3 is 0 Å². The van der Waals surface area contributed by atoms with Crippen LogP contribution in [0.4, 0.5) is 0 Å². The zero-order valence-electron chi connectivity index (χ0n) is 9.18. The summed E-state index contributed by atoms with van der Waals surface area (Å²) in [5.74, 6) is 0. The largest absolute Gasteiger partial charge is 0.144 e. The third kappa shape index (κ3) is 1.23. The molecule has 0 saturated carbocycles. The molecule has 80 valence electrons. The van der Waals surface area contributed by atoms with E-state index in [9.17, 15) is 0 Å². The number of hydrogen-bond acceptors (Lipinski definition) is 1. The minimum absolute atomic E-state index is 1.33. The Balaban J connectivity index is 2.00. The molecule has 2 aliphatic carbocycles. The van der Waals surface area contributed by atoms with Crippen molar-refractivity contribution in [2.75, 3.05) is 0 Å². The Hall–Kier alpha value is -1.86. The monoisotopic (exact) mass is 234 g/mol. The molecule has 0 radical (unpaired) electrons. The van der Waals surface area contributed by atoms with Crippen LogP contribution in [0.5, 0.6) is 0 Å². The van der Waals surface area contributed by atoms with E-state index in [-0.39, 0.29) is 0 Å². The predicted molar refractivity (Wildman–Crippen MR) is 75.6 cm³/mol. The van der Waals surface area contributed by atoms with Crippen LogP contribution >= 0.6 is 11.3 Å². The molecule has 1 heteroatoms. The second-order valence-corrected chi connectivity index (χ2v) is 5.23. The lowest BCUT2D eigenvalue weighted by atomic mass is 9.99. The minimum atomic E-state index is 1.33. The fourth-order valence-corrected chi connectivity index (χ4v) is 3.34. The lowest BCUT2D eigenvalue weighted by molar-refractivity contribution is 1.61. The molecule has 0 unspecified atom stereocenters. The smallest absolute Gasteiger partial charge is 0.0349 e. The van der Waals surface area contributed by atoms with E-state index in [1.54, 1.807) is 0 Å². The maximum absolute atomic E-state index is 2.24. The molecule has 0 nitrogen and oxygen atoms in total. The number of benzene rings is 1. The van der Waals surface area contributed by atoms with Crippen LogP contribution in [0.25, 0.3) is 23.3 Å². The normalized spacial score (nSPS) is 19.8. The number of rotatable bonds is 0. The molecule has 2 aromatic rings. The summed E-state index contributed by atoms with van der Waals surface area (Å²) in [6.07, 6.45) is 8.90.